The number of carboxylic acids is 1. The highest BCUT2D eigenvalue weighted by atomic mass is 16.4. The van der Waals surface area contributed by atoms with E-state index in [1.807, 2.05) is 0 Å². The summed E-state index contributed by atoms with van der Waals surface area (Å²) >= 11 is 0. The zero-order valence-corrected chi connectivity index (χ0v) is 10.2. The first-order chi connectivity index (χ1) is 8.04. The molecule has 1 atom stereocenters. The van der Waals surface area contributed by atoms with Gasteiger partial charge in [0.25, 0.3) is 0 Å². The molecule has 0 spiro atoms. The van der Waals surface area contributed by atoms with Crippen LogP contribution in [-0.2, 0) is 9.59 Å². The lowest BCUT2D eigenvalue weighted by Gasteiger charge is -2.26. The van der Waals surface area contributed by atoms with Gasteiger partial charge in [0.15, 0.2) is 0 Å². The number of rotatable bonds is 5. The van der Waals surface area contributed by atoms with Gasteiger partial charge in [-0.2, -0.15) is 0 Å². The summed E-state index contributed by atoms with van der Waals surface area (Å²) in [5.41, 5.74) is 0. The van der Waals surface area contributed by atoms with Gasteiger partial charge in [0.05, 0.1) is 0 Å². The second-order valence-electron chi connectivity index (χ2n) is 4.87. The van der Waals surface area contributed by atoms with E-state index in [0.717, 1.165) is 25.7 Å². The largest absolute Gasteiger partial charge is 0.480 e. The lowest BCUT2D eigenvalue weighted by atomic mass is 9.82. The maximum Gasteiger partial charge on any atom is 0.326 e. The highest BCUT2D eigenvalue weighted by Crippen LogP contribution is 2.28. The number of carboxylic acid groups (broad SMARTS) is 1. The molecule has 0 heterocycles. The summed E-state index contributed by atoms with van der Waals surface area (Å²) in [4.78, 5) is 22.7. The molecule has 0 aromatic rings. The molecular formula is C12H21NO4. The van der Waals surface area contributed by atoms with E-state index in [2.05, 4.69) is 12.2 Å². The zero-order valence-electron chi connectivity index (χ0n) is 10.2. The summed E-state index contributed by atoms with van der Waals surface area (Å²) < 4.78 is 0. The van der Waals surface area contributed by atoms with Crippen molar-refractivity contribution in [2.75, 3.05) is 6.61 Å². The summed E-state index contributed by atoms with van der Waals surface area (Å²) in [6, 6.07) is -0.966. The van der Waals surface area contributed by atoms with Crippen LogP contribution in [0.1, 0.15) is 39.0 Å². The molecule has 1 rings (SSSR count). The molecule has 17 heavy (non-hydrogen) atoms. The third-order valence-electron chi connectivity index (χ3n) is 3.42. The first kappa shape index (κ1) is 14.0. The predicted octanol–water partition coefficient (Wildman–Crippen LogP) is 0.764. The Morgan fingerprint density at radius 2 is 1.88 bits per heavy atom. The Hall–Kier alpha value is -1.10. The maximum atomic E-state index is 11.8. The lowest BCUT2D eigenvalue weighted by Crippen LogP contribution is -2.44. The number of hydrogen-bond acceptors (Lipinski definition) is 3. The summed E-state index contributed by atoms with van der Waals surface area (Å²) in [6.45, 7) is 1.93. The Morgan fingerprint density at radius 1 is 1.29 bits per heavy atom. The van der Waals surface area contributed by atoms with Crippen molar-refractivity contribution in [3.05, 3.63) is 0 Å². The molecule has 0 unspecified atom stereocenters. The summed E-state index contributed by atoms with van der Waals surface area (Å²) in [7, 11) is 0. The summed E-state index contributed by atoms with van der Waals surface area (Å²) in [5.74, 6) is -0.673. The van der Waals surface area contributed by atoms with Gasteiger partial charge < -0.3 is 15.5 Å². The molecule has 0 saturated heterocycles. The third kappa shape index (κ3) is 4.34. The van der Waals surface area contributed by atoms with Gasteiger partial charge in [0.1, 0.15) is 6.04 Å². The van der Waals surface area contributed by atoms with Crippen molar-refractivity contribution in [3.63, 3.8) is 0 Å². The molecule has 0 aromatic heterocycles. The summed E-state index contributed by atoms with van der Waals surface area (Å²) in [6.07, 6.45) is 3.77. The average molecular weight is 243 g/mol. The zero-order chi connectivity index (χ0) is 12.8. The standard InChI is InChI=1S/C12H21NO4/c1-8-2-4-9(5-3-8)11(15)13-10(6-7-14)12(16)17/h8-10,14H,2-7H2,1H3,(H,13,15)(H,16,17)/t8?,9?,10-/m1/s1. The van der Waals surface area contributed by atoms with Crippen molar-refractivity contribution in [3.8, 4) is 0 Å². The van der Waals surface area contributed by atoms with Crippen molar-refractivity contribution in [2.45, 2.75) is 45.1 Å². The molecule has 3 N–H and O–H groups in total. The van der Waals surface area contributed by atoms with Crippen LogP contribution in [0.25, 0.3) is 0 Å². The van der Waals surface area contributed by atoms with Crippen LogP contribution in [0.15, 0.2) is 0 Å². The summed E-state index contributed by atoms with van der Waals surface area (Å²) in [5, 5.41) is 20.1. The maximum absolute atomic E-state index is 11.8. The molecule has 1 aliphatic carbocycles. The second kappa shape index (κ2) is 6.59. The number of aliphatic hydroxyl groups is 1. The van der Waals surface area contributed by atoms with Gasteiger partial charge in [-0.25, -0.2) is 4.79 Å². The van der Waals surface area contributed by atoms with Crippen LogP contribution < -0.4 is 5.32 Å². The third-order valence-corrected chi connectivity index (χ3v) is 3.42. The van der Waals surface area contributed by atoms with E-state index in [0.29, 0.717) is 5.92 Å². The van der Waals surface area contributed by atoms with Crippen LogP contribution >= 0.6 is 0 Å². The molecule has 1 aliphatic rings. The number of carbonyl (C=O) groups excluding carboxylic acids is 1. The molecule has 1 fully saturated rings. The Labute approximate surface area is 101 Å². The molecule has 0 aliphatic heterocycles. The first-order valence-electron chi connectivity index (χ1n) is 6.18. The van der Waals surface area contributed by atoms with E-state index in [-0.39, 0.29) is 24.9 Å². The number of hydrogen-bond donors (Lipinski definition) is 3. The number of aliphatic carboxylic acids is 1. The van der Waals surface area contributed by atoms with Gasteiger partial charge in [-0.1, -0.05) is 6.92 Å². The highest BCUT2D eigenvalue weighted by Gasteiger charge is 2.27. The van der Waals surface area contributed by atoms with Crippen LogP contribution in [0.5, 0.6) is 0 Å². The van der Waals surface area contributed by atoms with Gasteiger partial charge in [-0.05, 0) is 31.6 Å². The molecule has 0 bridgehead atoms. The van der Waals surface area contributed by atoms with Crippen molar-refractivity contribution in [1.82, 2.24) is 5.32 Å². The molecule has 1 saturated carbocycles. The van der Waals surface area contributed by atoms with E-state index in [4.69, 9.17) is 10.2 Å². The van der Waals surface area contributed by atoms with Gasteiger partial charge in [-0.3, -0.25) is 4.79 Å². The highest BCUT2D eigenvalue weighted by molar-refractivity contribution is 5.84. The normalized spacial score (nSPS) is 26.2. The predicted molar refractivity (Wildman–Crippen MR) is 62.4 cm³/mol. The molecular weight excluding hydrogens is 222 g/mol. The minimum absolute atomic E-state index is 0.0597. The minimum Gasteiger partial charge on any atom is -0.480 e. The van der Waals surface area contributed by atoms with Crippen molar-refractivity contribution in [2.24, 2.45) is 11.8 Å². The first-order valence-corrected chi connectivity index (χ1v) is 6.18. The minimum atomic E-state index is -1.09. The van der Waals surface area contributed by atoms with Crippen molar-refractivity contribution in [1.29, 1.82) is 0 Å². The number of nitrogens with one attached hydrogen (secondary N) is 1. The Balaban J connectivity index is 2.44. The molecule has 1 amide bonds. The van der Waals surface area contributed by atoms with E-state index >= 15 is 0 Å². The fraction of sp³-hybridized carbons (Fsp3) is 0.833. The van der Waals surface area contributed by atoms with Crippen LogP contribution in [0.2, 0.25) is 0 Å². The molecule has 0 radical (unpaired) electrons. The second-order valence-corrected chi connectivity index (χ2v) is 4.87. The van der Waals surface area contributed by atoms with Gasteiger partial charge in [-0.15, -0.1) is 0 Å². The van der Waals surface area contributed by atoms with Crippen molar-refractivity contribution < 1.29 is 19.8 Å². The average Bonchev–Trinajstić information content (AvgIpc) is 2.29. The van der Waals surface area contributed by atoms with Gasteiger partial charge >= 0.3 is 5.97 Å². The monoisotopic (exact) mass is 243 g/mol. The van der Waals surface area contributed by atoms with E-state index < -0.39 is 12.0 Å². The lowest BCUT2D eigenvalue weighted by molar-refractivity contribution is -0.143. The smallest absolute Gasteiger partial charge is 0.326 e. The van der Waals surface area contributed by atoms with E-state index in [9.17, 15) is 9.59 Å². The van der Waals surface area contributed by atoms with Gasteiger partial charge in [0.2, 0.25) is 5.91 Å². The Morgan fingerprint density at radius 3 is 2.35 bits per heavy atom. The fourth-order valence-corrected chi connectivity index (χ4v) is 2.20. The van der Waals surface area contributed by atoms with Crippen LogP contribution in [0.3, 0.4) is 0 Å². The Bertz CT molecular complexity index is 272. The number of carbonyl (C=O) groups is 2. The van der Waals surface area contributed by atoms with E-state index in [1.54, 1.807) is 0 Å². The molecule has 5 nitrogen and oxygen atoms in total. The molecule has 5 heteroatoms. The number of amides is 1. The topological polar surface area (TPSA) is 86.6 Å². The quantitative estimate of drug-likeness (QED) is 0.665. The van der Waals surface area contributed by atoms with Crippen LogP contribution in [0, 0.1) is 11.8 Å². The molecule has 0 aromatic carbocycles. The van der Waals surface area contributed by atoms with Crippen molar-refractivity contribution >= 4 is 11.9 Å². The SMILES string of the molecule is CC1CCC(C(=O)N[C@H](CCO)C(=O)O)CC1. The van der Waals surface area contributed by atoms with Crippen LogP contribution in [-0.4, -0.2) is 34.7 Å². The van der Waals surface area contributed by atoms with E-state index in [1.165, 1.54) is 0 Å². The fourth-order valence-electron chi connectivity index (χ4n) is 2.20. The molecule has 98 valence electrons. The number of aliphatic hydroxyl groups excluding tert-OH is 1. The Kier molecular flexibility index (Phi) is 5.41. The van der Waals surface area contributed by atoms with Gasteiger partial charge in [0, 0.05) is 18.9 Å². The van der Waals surface area contributed by atoms with Crippen LogP contribution in [0.4, 0.5) is 0 Å².